The molecule has 1 unspecified atom stereocenters. The standard InChI is InChI=1S/C32H38N2O4/c1-23(33)25-6-4-7-26(19-25)28-17-24(22-38-30-8-3-2-5-27(30)21-31(35)36)18-29(20-28)34-13-9-32(10-14-34)11-15-37-16-12-32/h2-8,17-20,23H,9-16,21-22,33H2,1H3,(H,35,36). The van der Waals surface area contributed by atoms with Crippen molar-refractivity contribution in [3.05, 3.63) is 83.4 Å². The Labute approximate surface area is 225 Å². The number of piperidine rings is 1. The van der Waals surface area contributed by atoms with E-state index in [-0.39, 0.29) is 12.5 Å². The van der Waals surface area contributed by atoms with Gasteiger partial charge in [-0.2, -0.15) is 0 Å². The van der Waals surface area contributed by atoms with Gasteiger partial charge in [0.25, 0.3) is 0 Å². The molecule has 200 valence electrons. The fourth-order valence-corrected chi connectivity index (χ4v) is 5.77. The van der Waals surface area contributed by atoms with Gasteiger partial charge in [-0.15, -0.1) is 0 Å². The number of ether oxygens (including phenoxy) is 2. The van der Waals surface area contributed by atoms with E-state index in [1.165, 1.54) is 31.4 Å². The lowest BCUT2D eigenvalue weighted by Crippen LogP contribution is -2.43. The lowest BCUT2D eigenvalue weighted by molar-refractivity contribution is -0.136. The lowest BCUT2D eigenvalue weighted by atomic mass is 9.72. The number of para-hydroxylation sites is 1. The quantitative estimate of drug-likeness (QED) is 0.385. The number of anilines is 1. The van der Waals surface area contributed by atoms with Crippen molar-refractivity contribution in [1.29, 1.82) is 0 Å². The van der Waals surface area contributed by atoms with Crippen LogP contribution in [0.5, 0.6) is 5.75 Å². The minimum Gasteiger partial charge on any atom is -0.489 e. The second-order valence-corrected chi connectivity index (χ2v) is 10.9. The number of carboxylic acids is 1. The summed E-state index contributed by atoms with van der Waals surface area (Å²) in [6, 6.07) is 22.4. The summed E-state index contributed by atoms with van der Waals surface area (Å²) < 4.78 is 11.8. The van der Waals surface area contributed by atoms with E-state index in [1.54, 1.807) is 0 Å². The Balaban J connectivity index is 1.42. The predicted molar refractivity (Wildman–Crippen MR) is 151 cm³/mol. The van der Waals surface area contributed by atoms with E-state index in [9.17, 15) is 9.90 Å². The van der Waals surface area contributed by atoms with Gasteiger partial charge in [-0.05, 0) is 90.6 Å². The molecule has 2 saturated heterocycles. The molecule has 3 aromatic rings. The van der Waals surface area contributed by atoms with Gasteiger partial charge in [0, 0.05) is 43.6 Å². The SMILES string of the molecule is CC(N)c1cccc(-c2cc(COc3ccccc3CC(=O)O)cc(N3CCC4(CCOCC4)CC3)c2)c1. The third-order valence-electron chi connectivity index (χ3n) is 8.17. The highest BCUT2D eigenvalue weighted by Gasteiger charge is 2.36. The molecule has 0 saturated carbocycles. The van der Waals surface area contributed by atoms with Gasteiger partial charge in [0.15, 0.2) is 0 Å². The van der Waals surface area contributed by atoms with Crippen LogP contribution in [0.25, 0.3) is 11.1 Å². The molecule has 0 aromatic heterocycles. The van der Waals surface area contributed by atoms with Crippen LogP contribution >= 0.6 is 0 Å². The van der Waals surface area contributed by atoms with Crippen molar-refractivity contribution in [3.8, 4) is 16.9 Å². The number of nitrogens with zero attached hydrogens (tertiary/aromatic N) is 1. The zero-order valence-corrected chi connectivity index (χ0v) is 22.2. The predicted octanol–water partition coefficient (Wildman–Crippen LogP) is 5.98. The fraction of sp³-hybridized carbons (Fsp3) is 0.406. The number of hydrogen-bond donors (Lipinski definition) is 2. The molecule has 1 spiro atoms. The first-order valence-corrected chi connectivity index (χ1v) is 13.7. The molecule has 2 aliphatic rings. The molecule has 5 rings (SSSR count). The van der Waals surface area contributed by atoms with Gasteiger partial charge < -0.3 is 25.2 Å². The molecule has 2 heterocycles. The Hall–Kier alpha value is -3.35. The second kappa shape index (κ2) is 11.6. The van der Waals surface area contributed by atoms with E-state index in [2.05, 4.69) is 47.4 Å². The molecule has 0 bridgehead atoms. The fourth-order valence-electron chi connectivity index (χ4n) is 5.77. The maximum absolute atomic E-state index is 11.3. The van der Waals surface area contributed by atoms with E-state index in [0.29, 0.717) is 23.3 Å². The first kappa shape index (κ1) is 26.3. The maximum atomic E-state index is 11.3. The summed E-state index contributed by atoms with van der Waals surface area (Å²) in [5.74, 6) is -0.257. The topological polar surface area (TPSA) is 85.0 Å². The van der Waals surface area contributed by atoms with Crippen molar-refractivity contribution in [3.63, 3.8) is 0 Å². The normalized spacial score (nSPS) is 17.8. The number of carboxylic acid groups (broad SMARTS) is 1. The highest BCUT2D eigenvalue weighted by atomic mass is 16.5. The minimum absolute atomic E-state index is 0.0376. The summed E-state index contributed by atoms with van der Waals surface area (Å²) in [7, 11) is 0. The van der Waals surface area contributed by atoms with Crippen LogP contribution in [-0.4, -0.2) is 37.4 Å². The summed E-state index contributed by atoms with van der Waals surface area (Å²) in [6.45, 7) is 6.20. The van der Waals surface area contributed by atoms with Crippen molar-refractivity contribution in [1.82, 2.24) is 0 Å². The smallest absolute Gasteiger partial charge is 0.307 e. The van der Waals surface area contributed by atoms with Crippen molar-refractivity contribution in [2.24, 2.45) is 11.1 Å². The number of aliphatic carboxylic acids is 1. The Kier molecular flexibility index (Phi) is 8.01. The van der Waals surface area contributed by atoms with Crippen molar-refractivity contribution in [2.45, 2.75) is 51.7 Å². The number of rotatable bonds is 8. The summed E-state index contributed by atoms with van der Waals surface area (Å²) >= 11 is 0. The van der Waals surface area contributed by atoms with Gasteiger partial charge in [0.2, 0.25) is 0 Å². The van der Waals surface area contributed by atoms with Crippen LogP contribution in [-0.2, 0) is 22.6 Å². The zero-order valence-electron chi connectivity index (χ0n) is 22.2. The summed E-state index contributed by atoms with van der Waals surface area (Å²) in [6.07, 6.45) is 4.65. The van der Waals surface area contributed by atoms with Crippen LogP contribution in [0, 0.1) is 5.41 Å². The molecule has 0 amide bonds. The van der Waals surface area contributed by atoms with Crippen molar-refractivity contribution in [2.75, 3.05) is 31.2 Å². The van der Waals surface area contributed by atoms with Gasteiger partial charge >= 0.3 is 5.97 Å². The lowest BCUT2D eigenvalue weighted by Gasteiger charge is -2.45. The van der Waals surface area contributed by atoms with Crippen LogP contribution < -0.4 is 15.4 Å². The Morgan fingerprint density at radius 1 is 1.00 bits per heavy atom. The van der Waals surface area contributed by atoms with Crippen LogP contribution in [0.1, 0.15) is 55.3 Å². The van der Waals surface area contributed by atoms with E-state index in [0.717, 1.165) is 48.6 Å². The molecular formula is C32H38N2O4. The average molecular weight is 515 g/mol. The van der Waals surface area contributed by atoms with Gasteiger partial charge in [-0.3, -0.25) is 4.79 Å². The third kappa shape index (κ3) is 6.20. The molecule has 3 N–H and O–H groups in total. The molecule has 0 aliphatic carbocycles. The third-order valence-corrected chi connectivity index (χ3v) is 8.17. The molecular weight excluding hydrogens is 476 g/mol. The molecule has 6 nitrogen and oxygen atoms in total. The van der Waals surface area contributed by atoms with E-state index >= 15 is 0 Å². The van der Waals surface area contributed by atoms with Crippen molar-refractivity contribution < 1.29 is 19.4 Å². The Morgan fingerprint density at radius 3 is 2.50 bits per heavy atom. The molecule has 6 heteroatoms. The number of carbonyl (C=O) groups is 1. The first-order valence-electron chi connectivity index (χ1n) is 13.7. The molecule has 0 radical (unpaired) electrons. The largest absolute Gasteiger partial charge is 0.489 e. The summed E-state index contributed by atoms with van der Waals surface area (Å²) in [4.78, 5) is 13.8. The van der Waals surface area contributed by atoms with E-state index in [1.807, 2.05) is 31.2 Å². The Morgan fingerprint density at radius 2 is 1.76 bits per heavy atom. The van der Waals surface area contributed by atoms with Crippen LogP contribution in [0.2, 0.25) is 0 Å². The van der Waals surface area contributed by atoms with Gasteiger partial charge in [-0.1, -0.05) is 36.4 Å². The summed E-state index contributed by atoms with van der Waals surface area (Å²) in [5.41, 5.74) is 12.9. The molecule has 1 atom stereocenters. The van der Waals surface area contributed by atoms with Crippen LogP contribution in [0.4, 0.5) is 5.69 Å². The monoisotopic (exact) mass is 514 g/mol. The average Bonchev–Trinajstić information content (AvgIpc) is 2.93. The molecule has 2 fully saturated rings. The molecule has 2 aliphatic heterocycles. The second-order valence-electron chi connectivity index (χ2n) is 10.9. The molecule has 38 heavy (non-hydrogen) atoms. The summed E-state index contributed by atoms with van der Waals surface area (Å²) in [5, 5.41) is 9.30. The number of nitrogens with two attached hydrogens (primary N) is 1. The maximum Gasteiger partial charge on any atom is 0.307 e. The van der Waals surface area contributed by atoms with Gasteiger partial charge in [0.1, 0.15) is 12.4 Å². The van der Waals surface area contributed by atoms with E-state index < -0.39 is 5.97 Å². The highest BCUT2D eigenvalue weighted by Crippen LogP contribution is 2.42. The molecule has 3 aromatic carbocycles. The number of hydrogen-bond acceptors (Lipinski definition) is 5. The zero-order chi connectivity index (χ0) is 26.5. The van der Waals surface area contributed by atoms with Gasteiger partial charge in [-0.25, -0.2) is 0 Å². The van der Waals surface area contributed by atoms with E-state index in [4.69, 9.17) is 15.2 Å². The number of benzene rings is 3. The van der Waals surface area contributed by atoms with Gasteiger partial charge in [0.05, 0.1) is 6.42 Å². The Bertz CT molecular complexity index is 1260. The minimum atomic E-state index is -0.869. The highest BCUT2D eigenvalue weighted by molar-refractivity contribution is 5.72. The van der Waals surface area contributed by atoms with Crippen LogP contribution in [0.15, 0.2) is 66.7 Å². The van der Waals surface area contributed by atoms with Crippen LogP contribution in [0.3, 0.4) is 0 Å². The van der Waals surface area contributed by atoms with Crippen molar-refractivity contribution >= 4 is 11.7 Å². The first-order chi connectivity index (χ1) is 18.4.